The van der Waals surface area contributed by atoms with E-state index in [4.69, 9.17) is 5.84 Å². The van der Waals surface area contributed by atoms with Crippen molar-refractivity contribution in [1.82, 2.24) is 5.01 Å². The predicted octanol–water partition coefficient (Wildman–Crippen LogP) is 2.25. The van der Waals surface area contributed by atoms with E-state index in [1.807, 2.05) is 48.5 Å². The lowest BCUT2D eigenvalue weighted by Gasteiger charge is -2.16. The SMILES string of the molecule is NN(CCc1ccccc1)C(=O)c1ccccc1. The van der Waals surface area contributed by atoms with Crippen LogP contribution in [0.5, 0.6) is 0 Å². The summed E-state index contributed by atoms with van der Waals surface area (Å²) < 4.78 is 0. The van der Waals surface area contributed by atoms with Gasteiger partial charge in [-0.3, -0.25) is 9.80 Å². The van der Waals surface area contributed by atoms with Gasteiger partial charge in [0, 0.05) is 12.1 Å². The third-order valence-corrected chi connectivity index (χ3v) is 2.77. The maximum absolute atomic E-state index is 12.0. The first-order chi connectivity index (χ1) is 8.77. The first-order valence-electron chi connectivity index (χ1n) is 5.93. The van der Waals surface area contributed by atoms with Crippen LogP contribution in [0, 0.1) is 0 Å². The van der Waals surface area contributed by atoms with Crippen LogP contribution in [-0.4, -0.2) is 17.5 Å². The molecule has 0 heterocycles. The first kappa shape index (κ1) is 12.3. The van der Waals surface area contributed by atoms with Crippen molar-refractivity contribution in [2.45, 2.75) is 6.42 Å². The lowest BCUT2D eigenvalue weighted by molar-refractivity contribution is 0.0757. The Balaban J connectivity index is 1.93. The van der Waals surface area contributed by atoms with E-state index in [-0.39, 0.29) is 5.91 Å². The zero-order valence-electron chi connectivity index (χ0n) is 10.1. The summed E-state index contributed by atoms with van der Waals surface area (Å²) in [5.74, 6) is 5.63. The molecule has 0 spiro atoms. The Bertz CT molecular complexity index is 496. The number of carbonyl (C=O) groups is 1. The summed E-state index contributed by atoms with van der Waals surface area (Å²) in [6.45, 7) is 0.512. The molecule has 2 aromatic rings. The average Bonchev–Trinajstić information content (AvgIpc) is 2.46. The zero-order chi connectivity index (χ0) is 12.8. The second-order valence-electron chi connectivity index (χ2n) is 4.10. The molecule has 0 aliphatic rings. The van der Waals surface area contributed by atoms with Crippen molar-refractivity contribution in [2.75, 3.05) is 6.54 Å². The molecule has 0 saturated carbocycles. The molecular weight excluding hydrogens is 224 g/mol. The highest BCUT2D eigenvalue weighted by molar-refractivity contribution is 5.93. The summed E-state index contributed by atoms with van der Waals surface area (Å²) in [6, 6.07) is 19.1. The molecule has 0 aliphatic carbocycles. The molecular formula is C15H16N2O. The number of amides is 1. The maximum atomic E-state index is 12.0. The highest BCUT2D eigenvalue weighted by atomic mass is 16.2. The molecule has 1 amide bonds. The highest BCUT2D eigenvalue weighted by Gasteiger charge is 2.11. The van der Waals surface area contributed by atoms with Gasteiger partial charge in [0.15, 0.2) is 0 Å². The van der Waals surface area contributed by atoms with Gasteiger partial charge < -0.3 is 0 Å². The number of carbonyl (C=O) groups excluding carboxylic acids is 1. The minimum absolute atomic E-state index is 0.147. The Kier molecular flexibility index (Phi) is 4.10. The van der Waals surface area contributed by atoms with Crippen molar-refractivity contribution in [3.05, 3.63) is 71.8 Å². The number of hydrazine groups is 1. The number of nitrogens with zero attached hydrogens (tertiary/aromatic N) is 1. The van der Waals surface area contributed by atoms with Crippen LogP contribution in [0.15, 0.2) is 60.7 Å². The molecule has 0 saturated heterocycles. The fraction of sp³-hybridized carbons (Fsp3) is 0.133. The standard InChI is InChI=1S/C15H16N2O/c16-17(12-11-13-7-3-1-4-8-13)15(18)14-9-5-2-6-10-14/h1-10H,11-12,16H2. The van der Waals surface area contributed by atoms with E-state index in [0.717, 1.165) is 6.42 Å². The Hall–Kier alpha value is -2.13. The lowest BCUT2D eigenvalue weighted by atomic mass is 10.1. The minimum Gasteiger partial charge on any atom is -0.276 e. The van der Waals surface area contributed by atoms with Gasteiger partial charge in [-0.15, -0.1) is 0 Å². The van der Waals surface area contributed by atoms with Crippen LogP contribution >= 0.6 is 0 Å². The maximum Gasteiger partial charge on any atom is 0.267 e. The van der Waals surface area contributed by atoms with Crippen LogP contribution in [-0.2, 0) is 6.42 Å². The van der Waals surface area contributed by atoms with Crippen LogP contribution in [0.1, 0.15) is 15.9 Å². The summed E-state index contributed by atoms with van der Waals surface area (Å²) >= 11 is 0. The number of nitrogens with two attached hydrogens (primary N) is 1. The van der Waals surface area contributed by atoms with Gasteiger partial charge in [0.2, 0.25) is 0 Å². The second-order valence-corrected chi connectivity index (χ2v) is 4.10. The Morgan fingerprint density at radius 2 is 1.50 bits per heavy atom. The van der Waals surface area contributed by atoms with Gasteiger partial charge in [0.05, 0.1) is 0 Å². The van der Waals surface area contributed by atoms with Gasteiger partial charge in [0.25, 0.3) is 5.91 Å². The molecule has 92 valence electrons. The summed E-state index contributed by atoms with van der Waals surface area (Å²) in [5, 5.41) is 1.27. The third-order valence-electron chi connectivity index (χ3n) is 2.77. The van der Waals surface area contributed by atoms with Crippen LogP contribution in [0.25, 0.3) is 0 Å². The van der Waals surface area contributed by atoms with E-state index in [2.05, 4.69) is 0 Å². The molecule has 0 unspecified atom stereocenters. The molecule has 2 rings (SSSR count). The average molecular weight is 240 g/mol. The van der Waals surface area contributed by atoms with E-state index >= 15 is 0 Å². The third kappa shape index (κ3) is 3.18. The topological polar surface area (TPSA) is 46.3 Å². The summed E-state index contributed by atoms with van der Waals surface area (Å²) in [4.78, 5) is 12.0. The second kappa shape index (κ2) is 5.98. The lowest BCUT2D eigenvalue weighted by Crippen LogP contribution is -2.38. The Morgan fingerprint density at radius 1 is 0.944 bits per heavy atom. The van der Waals surface area contributed by atoms with Gasteiger partial charge in [0.1, 0.15) is 0 Å². The number of benzene rings is 2. The van der Waals surface area contributed by atoms with Crippen molar-refractivity contribution in [1.29, 1.82) is 0 Å². The molecule has 0 fully saturated rings. The fourth-order valence-electron chi connectivity index (χ4n) is 1.74. The van der Waals surface area contributed by atoms with Gasteiger partial charge in [-0.25, -0.2) is 5.84 Å². The van der Waals surface area contributed by atoms with Crippen LogP contribution in [0.4, 0.5) is 0 Å². The number of hydrogen-bond donors (Lipinski definition) is 1. The van der Waals surface area contributed by atoms with Gasteiger partial charge in [-0.1, -0.05) is 48.5 Å². The van der Waals surface area contributed by atoms with Crippen molar-refractivity contribution in [3.8, 4) is 0 Å². The van der Waals surface area contributed by atoms with Crippen molar-refractivity contribution < 1.29 is 4.79 Å². The normalized spacial score (nSPS) is 10.1. The number of rotatable bonds is 4. The van der Waals surface area contributed by atoms with Crippen LogP contribution < -0.4 is 5.84 Å². The molecule has 2 N–H and O–H groups in total. The van der Waals surface area contributed by atoms with Crippen LogP contribution in [0.3, 0.4) is 0 Å². The molecule has 0 radical (unpaired) electrons. The molecule has 2 aromatic carbocycles. The first-order valence-corrected chi connectivity index (χ1v) is 5.93. The van der Waals surface area contributed by atoms with Gasteiger partial charge in [-0.05, 0) is 24.1 Å². The summed E-state index contributed by atoms with van der Waals surface area (Å²) in [5.41, 5.74) is 1.79. The summed E-state index contributed by atoms with van der Waals surface area (Å²) in [6.07, 6.45) is 0.760. The minimum atomic E-state index is -0.147. The van der Waals surface area contributed by atoms with E-state index in [9.17, 15) is 4.79 Å². The quantitative estimate of drug-likeness (QED) is 0.506. The monoisotopic (exact) mass is 240 g/mol. The molecule has 3 heteroatoms. The van der Waals surface area contributed by atoms with E-state index in [0.29, 0.717) is 12.1 Å². The Labute approximate surface area is 107 Å². The zero-order valence-corrected chi connectivity index (χ0v) is 10.1. The van der Waals surface area contributed by atoms with Crippen LogP contribution in [0.2, 0.25) is 0 Å². The largest absolute Gasteiger partial charge is 0.276 e. The van der Waals surface area contributed by atoms with E-state index in [1.165, 1.54) is 10.6 Å². The van der Waals surface area contributed by atoms with Gasteiger partial charge in [-0.2, -0.15) is 0 Å². The predicted molar refractivity (Wildman–Crippen MR) is 71.8 cm³/mol. The smallest absolute Gasteiger partial charge is 0.267 e. The van der Waals surface area contributed by atoms with E-state index in [1.54, 1.807) is 12.1 Å². The van der Waals surface area contributed by atoms with Crippen molar-refractivity contribution >= 4 is 5.91 Å². The number of hydrogen-bond acceptors (Lipinski definition) is 2. The molecule has 3 nitrogen and oxygen atoms in total. The van der Waals surface area contributed by atoms with Crippen molar-refractivity contribution in [3.63, 3.8) is 0 Å². The highest BCUT2D eigenvalue weighted by Crippen LogP contribution is 2.04. The molecule has 0 aliphatic heterocycles. The Morgan fingerprint density at radius 3 is 2.11 bits per heavy atom. The molecule has 0 atom stereocenters. The fourth-order valence-corrected chi connectivity index (χ4v) is 1.74. The molecule has 0 aromatic heterocycles. The van der Waals surface area contributed by atoms with E-state index < -0.39 is 0 Å². The molecule has 0 bridgehead atoms. The van der Waals surface area contributed by atoms with Crippen molar-refractivity contribution in [2.24, 2.45) is 5.84 Å². The molecule has 18 heavy (non-hydrogen) atoms. The summed E-state index contributed by atoms with van der Waals surface area (Å²) in [7, 11) is 0. The van der Waals surface area contributed by atoms with Gasteiger partial charge >= 0.3 is 0 Å².